The number of hydrazine groups is 1. The van der Waals surface area contributed by atoms with Crippen LogP contribution in [0.5, 0.6) is 0 Å². The van der Waals surface area contributed by atoms with Gasteiger partial charge in [-0.05, 0) is 6.08 Å². The Morgan fingerprint density at radius 2 is 2.17 bits per heavy atom. The van der Waals surface area contributed by atoms with E-state index >= 15 is 0 Å². The van der Waals surface area contributed by atoms with Crippen LogP contribution < -0.4 is 5.43 Å². The third kappa shape index (κ3) is 1.34. The molecule has 3 unspecified atom stereocenters. The molecule has 5 nitrogen and oxygen atoms in total. The fourth-order valence-electron chi connectivity index (χ4n) is 2.40. The van der Waals surface area contributed by atoms with Gasteiger partial charge in [0.15, 0.2) is 5.84 Å². The lowest BCUT2D eigenvalue weighted by atomic mass is 10.0. The normalized spacial score (nSPS) is 34.7. The van der Waals surface area contributed by atoms with Crippen molar-refractivity contribution in [1.82, 2.24) is 10.4 Å². The Morgan fingerprint density at radius 3 is 3.17 bits per heavy atom. The van der Waals surface area contributed by atoms with Crippen molar-refractivity contribution in [2.24, 2.45) is 15.0 Å². The van der Waals surface area contributed by atoms with E-state index in [1.54, 1.807) is 6.20 Å². The molecule has 0 saturated carbocycles. The van der Waals surface area contributed by atoms with E-state index in [0.717, 1.165) is 11.4 Å². The van der Waals surface area contributed by atoms with Gasteiger partial charge in [0.05, 0.1) is 17.5 Å². The zero-order valence-corrected chi connectivity index (χ0v) is 9.56. The maximum Gasteiger partial charge on any atom is 0.153 e. The van der Waals surface area contributed by atoms with Gasteiger partial charge < -0.3 is 5.43 Å². The third-order valence-electron chi connectivity index (χ3n) is 3.28. The van der Waals surface area contributed by atoms with Gasteiger partial charge in [0, 0.05) is 24.7 Å². The molecule has 88 valence electrons. The van der Waals surface area contributed by atoms with Gasteiger partial charge in [-0.3, -0.25) is 4.99 Å². The van der Waals surface area contributed by atoms with Crippen molar-refractivity contribution in [1.29, 1.82) is 0 Å². The minimum absolute atomic E-state index is 0.0756. The smallest absolute Gasteiger partial charge is 0.153 e. The summed E-state index contributed by atoms with van der Waals surface area (Å²) in [4.78, 5) is 13.3. The maximum atomic E-state index is 4.48. The molecule has 4 aliphatic heterocycles. The summed E-state index contributed by atoms with van der Waals surface area (Å²) < 4.78 is 0. The van der Waals surface area contributed by atoms with Crippen LogP contribution in [0.1, 0.15) is 0 Å². The van der Waals surface area contributed by atoms with Gasteiger partial charge in [-0.2, -0.15) is 5.01 Å². The van der Waals surface area contributed by atoms with E-state index in [1.165, 1.54) is 0 Å². The number of rotatable bonds is 0. The predicted octanol–water partition coefficient (Wildman–Crippen LogP) is 0.962. The molecule has 0 spiro atoms. The highest BCUT2D eigenvalue weighted by atomic mass is 15.6. The van der Waals surface area contributed by atoms with Gasteiger partial charge in [0.1, 0.15) is 6.04 Å². The van der Waals surface area contributed by atoms with Crippen LogP contribution in [0.2, 0.25) is 0 Å². The SMILES string of the molecule is C1=CC2=NC=CC3=NC4=CNN(C4C=N3)C2C=C1. The average Bonchev–Trinajstić information content (AvgIpc) is 2.82. The lowest BCUT2D eigenvalue weighted by Crippen LogP contribution is -2.50. The molecule has 0 aromatic heterocycles. The summed E-state index contributed by atoms with van der Waals surface area (Å²) in [6, 6.07) is 0.172. The monoisotopic (exact) mass is 237 g/mol. The first-order chi connectivity index (χ1) is 8.92. The molecule has 5 rings (SSSR count). The van der Waals surface area contributed by atoms with E-state index in [-0.39, 0.29) is 12.1 Å². The minimum atomic E-state index is 0.0756. The Bertz CT molecular complexity index is 603. The zero-order valence-electron chi connectivity index (χ0n) is 9.56. The molecule has 0 aromatic carbocycles. The predicted molar refractivity (Wildman–Crippen MR) is 71.4 cm³/mol. The summed E-state index contributed by atoms with van der Waals surface area (Å²) in [5.41, 5.74) is 5.27. The molecule has 4 bridgehead atoms. The van der Waals surface area contributed by atoms with Crippen LogP contribution in [0.25, 0.3) is 0 Å². The summed E-state index contributed by atoms with van der Waals surface area (Å²) in [5, 5.41) is 2.11. The molecule has 1 aliphatic carbocycles. The largest absolute Gasteiger partial charge is 0.322 e. The molecular weight excluding hydrogens is 226 g/mol. The molecule has 3 atom stereocenters. The van der Waals surface area contributed by atoms with Crippen molar-refractivity contribution in [3.63, 3.8) is 0 Å². The Hall–Kier alpha value is -2.27. The second-order valence-electron chi connectivity index (χ2n) is 4.36. The minimum Gasteiger partial charge on any atom is -0.322 e. The topological polar surface area (TPSA) is 52.4 Å². The molecule has 0 radical (unpaired) electrons. The molecule has 18 heavy (non-hydrogen) atoms. The number of amidine groups is 1. The summed E-state index contributed by atoms with van der Waals surface area (Å²) in [6.45, 7) is 0. The summed E-state index contributed by atoms with van der Waals surface area (Å²) in [6.07, 6.45) is 15.6. The number of nitrogens with zero attached hydrogens (tertiary/aromatic N) is 4. The van der Waals surface area contributed by atoms with Crippen LogP contribution in [0, 0.1) is 0 Å². The van der Waals surface area contributed by atoms with Gasteiger partial charge in [-0.25, -0.2) is 9.98 Å². The number of fused-ring (bicyclic) bond motifs is 1. The summed E-state index contributed by atoms with van der Waals surface area (Å²) in [5.74, 6) is 0.694. The molecule has 0 fully saturated rings. The van der Waals surface area contributed by atoms with Crippen molar-refractivity contribution in [2.75, 3.05) is 0 Å². The fraction of sp³-hybridized carbons (Fsp3) is 0.154. The Balaban J connectivity index is 1.87. The number of allylic oxidation sites excluding steroid dienone is 2. The van der Waals surface area contributed by atoms with Crippen LogP contribution in [0.15, 0.2) is 63.5 Å². The molecular formula is C13H11N5. The average molecular weight is 237 g/mol. The van der Waals surface area contributed by atoms with Gasteiger partial charge in [0.2, 0.25) is 0 Å². The zero-order chi connectivity index (χ0) is 11.9. The Kier molecular flexibility index (Phi) is 1.95. The molecule has 0 aromatic rings. The van der Waals surface area contributed by atoms with Crippen LogP contribution in [0.4, 0.5) is 0 Å². The van der Waals surface area contributed by atoms with E-state index in [2.05, 4.69) is 31.5 Å². The number of nitrogens with one attached hydrogen (secondary N) is 1. The van der Waals surface area contributed by atoms with Crippen molar-refractivity contribution in [3.8, 4) is 0 Å². The Labute approximate surface area is 104 Å². The number of hydrogen-bond donors (Lipinski definition) is 1. The van der Waals surface area contributed by atoms with E-state index in [9.17, 15) is 0 Å². The quantitative estimate of drug-likeness (QED) is 0.682. The highest BCUT2D eigenvalue weighted by Crippen LogP contribution is 2.24. The van der Waals surface area contributed by atoms with Crippen molar-refractivity contribution in [2.45, 2.75) is 12.1 Å². The number of hydrogen-bond acceptors (Lipinski definition) is 5. The highest BCUT2D eigenvalue weighted by molar-refractivity contribution is 6.05. The van der Waals surface area contributed by atoms with E-state index in [4.69, 9.17) is 0 Å². The van der Waals surface area contributed by atoms with Crippen LogP contribution in [-0.2, 0) is 0 Å². The molecule has 0 amide bonds. The van der Waals surface area contributed by atoms with Gasteiger partial charge in [-0.1, -0.05) is 18.2 Å². The van der Waals surface area contributed by atoms with Crippen LogP contribution >= 0.6 is 0 Å². The lowest BCUT2D eigenvalue weighted by molar-refractivity contribution is 0.231. The van der Waals surface area contributed by atoms with Gasteiger partial charge in [-0.15, -0.1) is 0 Å². The van der Waals surface area contributed by atoms with Gasteiger partial charge in [0.25, 0.3) is 0 Å². The first-order valence-corrected chi connectivity index (χ1v) is 5.88. The molecule has 5 heteroatoms. The van der Waals surface area contributed by atoms with Crippen LogP contribution in [-0.4, -0.2) is 34.9 Å². The lowest BCUT2D eigenvalue weighted by Gasteiger charge is -2.31. The molecule has 0 saturated heterocycles. The molecule has 5 aliphatic rings. The van der Waals surface area contributed by atoms with Crippen molar-refractivity contribution >= 4 is 17.8 Å². The molecule has 1 N–H and O–H groups in total. The fourth-order valence-corrected chi connectivity index (χ4v) is 2.40. The number of aliphatic imine (C=N–C) groups is 3. The maximum absolute atomic E-state index is 4.48. The van der Waals surface area contributed by atoms with E-state index in [0.29, 0.717) is 5.84 Å². The summed E-state index contributed by atoms with van der Waals surface area (Å²) >= 11 is 0. The third-order valence-corrected chi connectivity index (χ3v) is 3.28. The summed E-state index contributed by atoms with van der Waals surface area (Å²) in [7, 11) is 0. The van der Waals surface area contributed by atoms with E-state index < -0.39 is 0 Å². The Morgan fingerprint density at radius 1 is 1.17 bits per heavy atom. The second-order valence-corrected chi connectivity index (χ2v) is 4.36. The van der Waals surface area contributed by atoms with Crippen molar-refractivity contribution in [3.05, 3.63) is 48.5 Å². The first kappa shape index (κ1) is 9.73. The van der Waals surface area contributed by atoms with Crippen LogP contribution in [0.3, 0.4) is 0 Å². The van der Waals surface area contributed by atoms with Crippen molar-refractivity contribution < 1.29 is 0 Å². The highest BCUT2D eigenvalue weighted by Gasteiger charge is 2.35. The standard InChI is InChI=1S/C13H11N5/c1-2-4-11-9(3-1)14-6-5-13-15-8-12-10(17-13)7-16-18(11)12/h1-8,11-12,16H. The first-order valence-electron chi connectivity index (χ1n) is 5.88. The van der Waals surface area contributed by atoms with E-state index in [1.807, 2.05) is 36.7 Å². The molecule has 4 heterocycles. The second kappa shape index (κ2) is 3.61. The van der Waals surface area contributed by atoms with Gasteiger partial charge >= 0.3 is 0 Å².